The van der Waals surface area contributed by atoms with Gasteiger partial charge >= 0.3 is 5.97 Å². The Labute approximate surface area is 94.7 Å². The number of hydrogen-bond acceptors (Lipinski definition) is 5. The Balaban J connectivity index is 2.55. The number of aliphatic hydroxyl groups excluding tert-OH is 2. The largest absolute Gasteiger partial charge is 0.501 e. The first-order valence-electron chi connectivity index (χ1n) is 5.38. The lowest BCUT2D eigenvalue weighted by Crippen LogP contribution is -2.36. The van der Waals surface area contributed by atoms with Crippen LogP contribution < -0.4 is 0 Å². The summed E-state index contributed by atoms with van der Waals surface area (Å²) >= 11 is 0. The molecule has 0 bridgehead atoms. The molecule has 5 nitrogen and oxygen atoms in total. The summed E-state index contributed by atoms with van der Waals surface area (Å²) in [6.45, 7) is 1.82. The minimum atomic E-state index is -0.863. The van der Waals surface area contributed by atoms with Crippen LogP contribution in [0.25, 0.3) is 0 Å². The molecule has 1 aliphatic rings. The van der Waals surface area contributed by atoms with Gasteiger partial charge in [0.25, 0.3) is 0 Å². The van der Waals surface area contributed by atoms with Gasteiger partial charge in [-0.1, -0.05) is 6.92 Å². The van der Waals surface area contributed by atoms with E-state index in [0.717, 1.165) is 0 Å². The zero-order chi connectivity index (χ0) is 12.1. The average molecular weight is 230 g/mol. The van der Waals surface area contributed by atoms with E-state index in [-0.39, 0.29) is 6.42 Å². The molecule has 1 rings (SSSR count). The minimum Gasteiger partial charge on any atom is -0.501 e. The Kier molecular flexibility index (Phi) is 4.76. The van der Waals surface area contributed by atoms with Crippen LogP contribution in [0.2, 0.25) is 0 Å². The molecular weight excluding hydrogens is 212 g/mol. The van der Waals surface area contributed by atoms with Gasteiger partial charge in [0.05, 0.1) is 25.4 Å². The highest BCUT2D eigenvalue weighted by Crippen LogP contribution is 2.21. The van der Waals surface area contributed by atoms with Crippen LogP contribution in [0.5, 0.6) is 0 Å². The second-order valence-corrected chi connectivity index (χ2v) is 3.86. The molecule has 0 aromatic rings. The lowest BCUT2D eigenvalue weighted by atomic mass is 10.0. The number of methoxy groups -OCH3 is 1. The third-order valence-corrected chi connectivity index (χ3v) is 2.62. The SMILES string of the molecule is CCC(O)C[C@H](O)[C@@H]1CC(OC)=CC(=O)O1. The fourth-order valence-electron chi connectivity index (χ4n) is 1.57. The van der Waals surface area contributed by atoms with E-state index in [1.54, 1.807) is 0 Å². The molecule has 5 heteroatoms. The molecule has 0 radical (unpaired) electrons. The zero-order valence-electron chi connectivity index (χ0n) is 9.55. The number of ether oxygens (including phenoxy) is 2. The quantitative estimate of drug-likeness (QED) is 0.667. The van der Waals surface area contributed by atoms with E-state index < -0.39 is 24.3 Å². The lowest BCUT2D eigenvalue weighted by molar-refractivity contribution is -0.153. The molecule has 92 valence electrons. The molecule has 0 amide bonds. The van der Waals surface area contributed by atoms with E-state index in [1.165, 1.54) is 13.2 Å². The van der Waals surface area contributed by atoms with Crippen LogP contribution in [0.1, 0.15) is 26.2 Å². The summed E-state index contributed by atoms with van der Waals surface area (Å²) in [5.74, 6) is -0.0237. The van der Waals surface area contributed by atoms with Crippen molar-refractivity contribution in [3.63, 3.8) is 0 Å². The maximum Gasteiger partial charge on any atom is 0.334 e. The van der Waals surface area contributed by atoms with Gasteiger partial charge < -0.3 is 19.7 Å². The van der Waals surface area contributed by atoms with Gasteiger partial charge in [0.15, 0.2) is 0 Å². The van der Waals surface area contributed by atoms with Crippen LogP contribution in [0.15, 0.2) is 11.8 Å². The molecule has 0 aromatic carbocycles. The van der Waals surface area contributed by atoms with Crippen molar-refractivity contribution in [3.05, 3.63) is 11.8 Å². The minimum absolute atomic E-state index is 0.200. The van der Waals surface area contributed by atoms with E-state index in [4.69, 9.17) is 9.47 Å². The van der Waals surface area contributed by atoms with Crippen LogP contribution in [-0.4, -0.2) is 41.6 Å². The van der Waals surface area contributed by atoms with Gasteiger partial charge in [0.1, 0.15) is 11.9 Å². The molecule has 0 fully saturated rings. The summed E-state index contributed by atoms with van der Waals surface area (Å²) in [5, 5.41) is 19.2. The summed E-state index contributed by atoms with van der Waals surface area (Å²) in [6.07, 6.45) is 0.298. The van der Waals surface area contributed by atoms with Gasteiger partial charge in [-0.15, -0.1) is 0 Å². The molecule has 3 atom stereocenters. The summed E-state index contributed by atoms with van der Waals surface area (Å²) < 4.78 is 9.93. The van der Waals surface area contributed by atoms with E-state index in [2.05, 4.69) is 0 Å². The van der Waals surface area contributed by atoms with Crippen molar-refractivity contribution >= 4 is 5.97 Å². The molecule has 16 heavy (non-hydrogen) atoms. The molecule has 1 heterocycles. The normalized spacial score (nSPS) is 24.4. The van der Waals surface area contributed by atoms with Crippen LogP contribution in [0.4, 0.5) is 0 Å². The van der Waals surface area contributed by atoms with Gasteiger partial charge in [-0.25, -0.2) is 4.79 Å². The van der Waals surface area contributed by atoms with Crippen molar-refractivity contribution in [1.29, 1.82) is 0 Å². The van der Waals surface area contributed by atoms with Gasteiger partial charge in [-0.3, -0.25) is 0 Å². The molecule has 0 aromatic heterocycles. The maximum atomic E-state index is 11.2. The Bertz CT molecular complexity index is 274. The van der Waals surface area contributed by atoms with Gasteiger partial charge in [-0.2, -0.15) is 0 Å². The van der Waals surface area contributed by atoms with Crippen molar-refractivity contribution in [2.24, 2.45) is 0 Å². The molecule has 0 saturated heterocycles. The predicted octanol–water partition coefficient (Wildman–Crippen LogP) is 0.354. The predicted molar refractivity (Wildman–Crippen MR) is 56.5 cm³/mol. The molecule has 0 aliphatic carbocycles. The lowest BCUT2D eigenvalue weighted by Gasteiger charge is -2.27. The molecule has 1 aliphatic heterocycles. The Morgan fingerprint density at radius 1 is 1.62 bits per heavy atom. The summed E-state index contributed by atoms with van der Waals surface area (Å²) in [4.78, 5) is 11.2. The van der Waals surface area contributed by atoms with Gasteiger partial charge in [0, 0.05) is 12.8 Å². The molecule has 0 saturated carbocycles. The number of esters is 1. The van der Waals surface area contributed by atoms with Crippen LogP contribution in [0, 0.1) is 0 Å². The standard InChI is InChI=1S/C11H18O5/c1-3-7(12)4-9(13)10-5-8(15-2)6-11(14)16-10/h6-7,9-10,12-13H,3-5H2,1-2H3/t7?,9-,10-/m0/s1. The highest BCUT2D eigenvalue weighted by molar-refractivity contribution is 5.83. The molecule has 1 unspecified atom stereocenters. The van der Waals surface area contributed by atoms with Crippen LogP contribution >= 0.6 is 0 Å². The Morgan fingerprint density at radius 3 is 2.88 bits per heavy atom. The first kappa shape index (κ1) is 13.0. The zero-order valence-corrected chi connectivity index (χ0v) is 9.55. The smallest absolute Gasteiger partial charge is 0.334 e. The number of cyclic esters (lactones) is 1. The highest BCUT2D eigenvalue weighted by atomic mass is 16.6. The van der Waals surface area contributed by atoms with Crippen LogP contribution in [0.3, 0.4) is 0 Å². The van der Waals surface area contributed by atoms with Crippen molar-refractivity contribution in [2.75, 3.05) is 7.11 Å². The van der Waals surface area contributed by atoms with Gasteiger partial charge in [0.2, 0.25) is 0 Å². The maximum absolute atomic E-state index is 11.2. The molecule has 0 spiro atoms. The highest BCUT2D eigenvalue weighted by Gasteiger charge is 2.29. The van der Waals surface area contributed by atoms with Crippen molar-refractivity contribution in [1.82, 2.24) is 0 Å². The third kappa shape index (κ3) is 3.50. The summed E-state index contributed by atoms with van der Waals surface area (Å²) in [7, 11) is 1.47. The average Bonchev–Trinajstić information content (AvgIpc) is 2.27. The number of carbonyl (C=O) groups excluding carboxylic acids is 1. The summed E-state index contributed by atoms with van der Waals surface area (Å²) in [5.41, 5.74) is 0. The fraction of sp³-hybridized carbons (Fsp3) is 0.727. The molecular formula is C11H18O5. The molecule has 2 N–H and O–H groups in total. The second-order valence-electron chi connectivity index (χ2n) is 3.86. The monoisotopic (exact) mass is 230 g/mol. The van der Waals surface area contributed by atoms with Crippen LogP contribution in [-0.2, 0) is 14.3 Å². The van der Waals surface area contributed by atoms with E-state index in [1.807, 2.05) is 6.92 Å². The number of aliphatic hydroxyl groups is 2. The number of rotatable bonds is 5. The Morgan fingerprint density at radius 2 is 2.31 bits per heavy atom. The first-order valence-corrected chi connectivity index (χ1v) is 5.38. The Hall–Kier alpha value is -1.07. The third-order valence-electron chi connectivity index (χ3n) is 2.62. The fourth-order valence-corrected chi connectivity index (χ4v) is 1.57. The van der Waals surface area contributed by atoms with E-state index >= 15 is 0 Å². The first-order chi connectivity index (χ1) is 7.56. The van der Waals surface area contributed by atoms with Crippen molar-refractivity contribution in [3.8, 4) is 0 Å². The van der Waals surface area contributed by atoms with Crippen molar-refractivity contribution in [2.45, 2.75) is 44.5 Å². The van der Waals surface area contributed by atoms with E-state index in [9.17, 15) is 15.0 Å². The summed E-state index contributed by atoms with van der Waals surface area (Å²) in [6, 6.07) is 0. The number of hydrogen-bond donors (Lipinski definition) is 2. The van der Waals surface area contributed by atoms with Gasteiger partial charge in [-0.05, 0) is 6.42 Å². The number of carbonyl (C=O) groups is 1. The van der Waals surface area contributed by atoms with Crippen molar-refractivity contribution < 1.29 is 24.5 Å². The topological polar surface area (TPSA) is 76.0 Å². The second kappa shape index (κ2) is 5.86. The van der Waals surface area contributed by atoms with E-state index in [0.29, 0.717) is 18.6 Å².